The van der Waals surface area contributed by atoms with Crippen LogP contribution in [0.3, 0.4) is 0 Å². The van der Waals surface area contributed by atoms with Gasteiger partial charge in [0.1, 0.15) is 0 Å². The van der Waals surface area contributed by atoms with Crippen LogP contribution in [-0.2, 0) is 9.47 Å². The number of hydrogen-bond acceptors (Lipinski definition) is 2. The van der Waals surface area contributed by atoms with Crippen LogP contribution in [0.25, 0.3) is 0 Å². The molecule has 3 rings (SSSR count). The monoisotopic (exact) mass is 302 g/mol. The Morgan fingerprint density at radius 3 is 2.55 bits per heavy atom. The molecule has 2 aliphatic heterocycles. The number of fused-ring (bicyclic) bond motifs is 1. The lowest BCUT2D eigenvalue weighted by Crippen LogP contribution is -2.38. The van der Waals surface area contributed by atoms with Crippen LogP contribution in [0.1, 0.15) is 60.3 Å². The summed E-state index contributed by atoms with van der Waals surface area (Å²) in [6, 6.07) is 0. The van der Waals surface area contributed by atoms with Crippen LogP contribution in [0.5, 0.6) is 0 Å². The molecule has 0 N–H and O–H groups in total. The molecule has 3 aliphatic rings. The third-order valence-corrected chi connectivity index (χ3v) is 5.51. The van der Waals surface area contributed by atoms with Gasteiger partial charge in [0.05, 0.1) is 11.7 Å². The molecule has 1 fully saturated rings. The molecule has 1 saturated heterocycles. The van der Waals surface area contributed by atoms with Gasteiger partial charge in [-0.25, -0.2) is 0 Å². The van der Waals surface area contributed by atoms with E-state index in [1.54, 1.807) is 0 Å². The highest BCUT2D eigenvalue weighted by molar-refractivity contribution is 5.20. The zero-order chi connectivity index (χ0) is 16.0. The van der Waals surface area contributed by atoms with E-state index in [4.69, 9.17) is 9.47 Å². The van der Waals surface area contributed by atoms with Crippen LogP contribution < -0.4 is 0 Å². The fourth-order valence-electron chi connectivity index (χ4n) is 4.07. The second-order valence-corrected chi connectivity index (χ2v) is 7.94. The molecule has 1 spiro atoms. The van der Waals surface area contributed by atoms with Gasteiger partial charge in [-0.2, -0.15) is 0 Å². The van der Waals surface area contributed by atoms with Crippen molar-refractivity contribution in [1.29, 1.82) is 0 Å². The van der Waals surface area contributed by atoms with Gasteiger partial charge in [-0.15, -0.1) is 0 Å². The van der Waals surface area contributed by atoms with E-state index in [1.807, 2.05) is 0 Å². The third-order valence-electron chi connectivity index (χ3n) is 5.51. The lowest BCUT2D eigenvalue weighted by Gasteiger charge is -2.31. The van der Waals surface area contributed by atoms with Crippen LogP contribution in [0.15, 0.2) is 35.5 Å². The fraction of sp³-hybridized carbons (Fsp3) is 0.700. The van der Waals surface area contributed by atoms with E-state index in [9.17, 15) is 0 Å². The summed E-state index contributed by atoms with van der Waals surface area (Å²) in [5.74, 6) is 0.378. The van der Waals surface area contributed by atoms with Gasteiger partial charge < -0.3 is 9.47 Å². The Balaban J connectivity index is 1.88. The van der Waals surface area contributed by atoms with Gasteiger partial charge in [0, 0.05) is 5.92 Å². The van der Waals surface area contributed by atoms with Crippen molar-refractivity contribution in [1.82, 2.24) is 0 Å². The minimum atomic E-state index is -0.527. The maximum atomic E-state index is 6.49. The Kier molecular flexibility index (Phi) is 4.11. The van der Waals surface area contributed by atoms with Crippen molar-refractivity contribution in [2.24, 2.45) is 11.8 Å². The number of rotatable bonds is 0. The van der Waals surface area contributed by atoms with Gasteiger partial charge >= 0.3 is 0 Å². The minimum absolute atomic E-state index is 0.180. The predicted molar refractivity (Wildman–Crippen MR) is 90.5 cm³/mol. The number of ether oxygens (including phenoxy) is 2. The molecule has 122 valence electrons. The van der Waals surface area contributed by atoms with Crippen molar-refractivity contribution in [2.45, 2.75) is 77.8 Å². The molecule has 0 bridgehead atoms. The van der Waals surface area contributed by atoms with E-state index < -0.39 is 5.79 Å². The van der Waals surface area contributed by atoms with Crippen LogP contribution in [0, 0.1) is 11.8 Å². The van der Waals surface area contributed by atoms with Crippen molar-refractivity contribution < 1.29 is 9.47 Å². The summed E-state index contributed by atoms with van der Waals surface area (Å²) in [6.07, 6.45) is 13.9. The second-order valence-electron chi connectivity index (χ2n) is 7.94. The molecule has 0 radical (unpaired) electrons. The molecule has 2 nitrogen and oxygen atoms in total. The van der Waals surface area contributed by atoms with Gasteiger partial charge in [0.2, 0.25) is 0 Å². The van der Waals surface area contributed by atoms with E-state index >= 15 is 0 Å². The fourth-order valence-corrected chi connectivity index (χ4v) is 4.07. The molecule has 0 amide bonds. The van der Waals surface area contributed by atoms with Gasteiger partial charge in [0.25, 0.3) is 0 Å². The normalized spacial score (nSPS) is 46.0. The standard InChI is InChI=1S/C20H30O2/c1-14-7-6-8-15(2)13-18-17(10-9-14)16(3)20(21-18)12-11-19(4,5)22-20/h7,11-13,16-18H,6,8-10H2,1-5H3/b14-7+,15-13+/t16-,17-,18-,20-/m1/s1. The summed E-state index contributed by atoms with van der Waals surface area (Å²) in [5.41, 5.74) is 2.73. The Morgan fingerprint density at radius 1 is 1.09 bits per heavy atom. The van der Waals surface area contributed by atoms with Gasteiger partial charge in [-0.05, 0) is 65.4 Å². The SMILES string of the molecule is C/C1=C\[C@H]2O[C@@]3(C=CC(C)(C)O3)[C@H](C)[C@H]2CC/C(C)=C/CC1. The second kappa shape index (κ2) is 5.65. The third kappa shape index (κ3) is 2.96. The summed E-state index contributed by atoms with van der Waals surface area (Å²) < 4.78 is 12.8. The highest BCUT2D eigenvalue weighted by atomic mass is 16.7. The van der Waals surface area contributed by atoms with Gasteiger partial charge in [0.15, 0.2) is 5.79 Å². The molecule has 1 aliphatic carbocycles. The molecule has 0 aromatic rings. The molecule has 0 aromatic heterocycles. The largest absolute Gasteiger partial charge is 0.338 e. The summed E-state index contributed by atoms with van der Waals surface area (Å²) in [7, 11) is 0. The summed E-state index contributed by atoms with van der Waals surface area (Å²) in [5, 5.41) is 0. The highest BCUT2D eigenvalue weighted by Crippen LogP contribution is 2.50. The molecule has 0 saturated carbocycles. The van der Waals surface area contributed by atoms with E-state index in [-0.39, 0.29) is 11.7 Å². The molecule has 2 heterocycles. The average Bonchev–Trinajstić information content (AvgIpc) is 2.86. The molecule has 0 aromatic carbocycles. The maximum absolute atomic E-state index is 6.49. The topological polar surface area (TPSA) is 18.5 Å². The van der Waals surface area contributed by atoms with Gasteiger partial charge in [-0.3, -0.25) is 0 Å². The van der Waals surface area contributed by atoms with Crippen LogP contribution in [0.4, 0.5) is 0 Å². The van der Waals surface area contributed by atoms with Gasteiger partial charge in [-0.1, -0.05) is 36.3 Å². The molecule has 22 heavy (non-hydrogen) atoms. The highest BCUT2D eigenvalue weighted by Gasteiger charge is 2.55. The minimum Gasteiger partial charge on any atom is -0.338 e. The first-order valence-corrected chi connectivity index (χ1v) is 8.73. The quantitative estimate of drug-likeness (QED) is 0.575. The first-order valence-electron chi connectivity index (χ1n) is 8.73. The smallest absolute Gasteiger partial charge is 0.192 e. The Morgan fingerprint density at radius 2 is 1.86 bits per heavy atom. The average molecular weight is 302 g/mol. The van der Waals surface area contributed by atoms with Crippen molar-refractivity contribution in [2.75, 3.05) is 0 Å². The number of hydrogen-bond donors (Lipinski definition) is 0. The van der Waals surface area contributed by atoms with Crippen LogP contribution in [0.2, 0.25) is 0 Å². The van der Waals surface area contributed by atoms with Crippen LogP contribution >= 0.6 is 0 Å². The zero-order valence-corrected chi connectivity index (χ0v) is 14.7. The molecular formula is C20H30O2. The van der Waals surface area contributed by atoms with Crippen molar-refractivity contribution in [3.05, 3.63) is 35.5 Å². The molecular weight excluding hydrogens is 272 g/mol. The summed E-state index contributed by atoms with van der Waals surface area (Å²) >= 11 is 0. The summed E-state index contributed by atoms with van der Waals surface area (Å²) in [6.45, 7) is 11.0. The lowest BCUT2D eigenvalue weighted by molar-refractivity contribution is -0.227. The maximum Gasteiger partial charge on any atom is 0.192 e. The van der Waals surface area contributed by atoms with Crippen LogP contribution in [-0.4, -0.2) is 17.5 Å². The summed E-state index contributed by atoms with van der Waals surface area (Å²) in [4.78, 5) is 0. The van der Waals surface area contributed by atoms with E-state index in [0.717, 1.165) is 12.8 Å². The molecule has 4 atom stereocenters. The first-order chi connectivity index (χ1) is 10.3. The van der Waals surface area contributed by atoms with Crippen molar-refractivity contribution >= 4 is 0 Å². The van der Waals surface area contributed by atoms with E-state index in [1.165, 1.54) is 24.0 Å². The first kappa shape index (κ1) is 16.0. The lowest BCUT2D eigenvalue weighted by atomic mass is 9.81. The molecule has 2 heteroatoms. The molecule has 0 unspecified atom stereocenters. The Bertz CT molecular complexity index is 526. The van der Waals surface area contributed by atoms with E-state index in [0.29, 0.717) is 11.8 Å². The Hall–Kier alpha value is -0.860. The number of allylic oxidation sites excluding steroid dienone is 3. The van der Waals surface area contributed by atoms with Crippen molar-refractivity contribution in [3.63, 3.8) is 0 Å². The zero-order valence-electron chi connectivity index (χ0n) is 14.7. The van der Waals surface area contributed by atoms with E-state index in [2.05, 4.69) is 58.9 Å². The van der Waals surface area contributed by atoms with Crippen molar-refractivity contribution in [3.8, 4) is 0 Å². The predicted octanol–water partition coefficient (Wildman–Crippen LogP) is 5.17. The Labute approximate surface area is 135 Å².